The molecule has 3 rings (SSSR count). The maximum Gasteiger partial charge on any atom is 0.236 e. The summed E-state index contributed by atoms with van der Waals surface area (Å²) in [5.74, 6) is 2.64. The largest absolute Gasteiger partial charge is 0.486 e. The Morgan fingerprint density at radius 1 is 1.17 bits per heavy atom. The number of rotatable bonds is 9. The molecule has 2 aromatic heterocycles. The second-order valence-corrected chi connectivity index (χ2v) is 7.65. The topological polar surface area (TPSA) is 81.9 Å². The molecule has 2 heterocycles. The highest BCUT2D eigenvalue weighted by molar-refractivity contribution is 7.99. The maximum atomic E-state index is 12.1. The summed E-state index contributed by atoms with van der Waals surface area (Å²) >= 11 is 1.34. The normalized spacial score (nSPS) is 10.9. The molecule has 0 aliphatic heterocycles. The lowest BCUT2D eigenvalue weighted by atomic mass is 10.0. The molecule has 0 saturated heterocycles. The summed E-state index contributed by atoms with van der Waals surface area (Å²) in [6.07, 6.45) is 1.64. The first-order chi connectivity index (χ1) is 14.1. The van der Waals surface area contributed by atoms with Crippen molar-refractivity contribution in [2.45, 2.75) is 45.0 Å². The zero-order chi connectivity index (χ0) is 20.6. The Balaban J connectivity index is 1.56. The van der Waals surface area contributed by atoms with Crippen LogP contribution < -0.4 is 10.1 Å². The van der Waals surface area contributed by atoms with E-state index in [2.05, 4.69) is 46.5 Å². The smallest absolute Gasteiger partial charge is 0.236 e. The van der Waals surface area contributed by atoms with Gasteiger partial charge in [0.2, 0.25) is 5.91 Å². The fourth-order valence-electron chi connectivity index (χ4n) is 2.69. The van der Waals surface area contributed by atoms with Crippen LogP contribution in [0, 0.1) is 0 Å². The summed E-state index contributed by atoms with van der Waals surface area (Å²) in [5, 5.41) is 11.9. The van der Waals surface area contributed by atoms with Gasteiger partial charge < -0.3 is 14.6 Å². The molecule has 0 atom stereocenters. The summed E-state index contributed by atoms with van der Waals surface area (Å²) in [4.78, 5) is 16.2. The summed E-state index contributed by atoms with van der Waals surface area (Å²) in [6, 6.07) is 13.5. The van der Waals surface area contributed by atoms with Gasteiger partial charge in [0.05, 0.1) is 5.75 Å². The van der Waals surface area contributed by atoms with Crippen molar-refractivity contribution in [2.75, 3.05) is 11.1 Å². The number of carbonyl (C=O) groups excluding carboxylic acids is 1. The van der Waals surface area contributed by atoms with E-state index in [1.54, 1.807) is 18.3 Å². The molecule has 0 aliphatic rings. The summed E-state index contributed by atoms with van der Waals surface area (Å²) in [6.45, 7) is 7.36. The van der Waals surface area contributed by atoms with Gasteiger partial charge in [-0.05, 0) is 42.7 Å². The molecule has 0 radical (unpaired) electrons. The van der Waals surface area contributed by atoms with E-state index in [1.807, 2.05) is 29.7 Å². The van der Waals surface area contributed by atoms with Gasteiger partial charge in [-0.1, -0.05) is 43.8 Å². The fourth-order valence-corrected chi connectivity index (χ4v) is 3.51. The number of benzene rings is 1. The number of nitrogens with zero attached hydrogens (tertiary/aromatic N) is 4. The molecule has 3 aromatic rings. The van der Waals surface area contributed by atoms with Gasteiger partial charge in [0, 0.05) is 12.7 Å². The number of amides is 1. The number of hydrogen-bond acceptors (Lipinski definition) is 6. The molecule has 1 amide bonds. The van der Waals surface area contributed by atoms with E-state index in [1.165, 1.54) is 17.3 Å². The van der Waals surface area contributed by atoms with Crippen LogP contribution in [-0.2, 0) is 17.9 Å². The third-order valence-corrected chi connectivity index (χ3v) is 5.26. The van der Waals surface area contributed by atoms with Crippen LogP contribution in [0.25, 0.3) is 0 Å². The number of pyridine rings is 1. The molecular weight excluding hydrogens is 386 g/mol. The average Bonchev–Trinajstić information content (AvgIpc) is 3.13. The number of hydrogen-bond donors (Lipinski definition) is 1. The lowest BCUT2D eigenvalue weighted by molar-refractivity contribution is -0.113. The molecule has 8 heteroatoms. The van der Waals surface area contributed by atoms with E-state index in [0.29, 0.717) is 30.0 Å². The number of thioether (sulfide) groups is 1. The van der Waals surface area contributed by atoms with Crippen LogP contribution in [-0.4, -0.2) is 31.4 Å². The van der Waals surface area contributed by atoms with Gasteiger partial charge in [0.1, 0.15) is 18.2 Å². The van der Waals surface area contributed by atoms with Crippen molar-refractivity contribution in [2.24, 2.45) is 0 Å². The quantitative estimate of drug-likeness (QED) is 0.533. The molecule has 1 aromatic carbocycles. The summed E-state index contributed by atoms with van der Waals surface area (Å²) < 4.78 is 7.83. The fraction of sp³-hybridized carbons (Fsp3) is 0.333. The molecule has 0 bridgehead atoms. The number of anilines is 1. The highest BCUT2D eigenvalue weighted by atomic mass is 32.2. The monoisotopic (exact) mass is 411 g/mol. The predicted octanol–water partition coefficient (Wildman–Crippen LogP) is 4.13. The Morgan fingerprint density at radius 3 is 2.62 bits per heavy atom. The van der Waals surface area contributed by atoms with Crippen molar-refractivity contribution in [3.05, 3.63) is 60.0 Å². The van der Waals surface area contributed by atoms with E-state index in [9.17, 15) is 4.79 Å². The minimum absolute atomic E-state index is 0.137. The first-order valence-corrected chi connectivity index (χ1v) is 10.5. The molecule has 0 unspecified atom stereocenters. The lowest BCUT2D eigenvalue weighted by Gasteiger charge is -2.10. The first-order valence-electron chi connectivity index (χ1n) is 9.55. The Kier molecular flexibility index (Phi) is 7.24. The molecule has 0 aliphatic carbocycles. The van der Waals surface area contributed by atoms with Gasteiger partial charge >= 0.3 is 0 Å². The third kappa shape index (κ3) is 5.80. The maximum absolute atomic E-state index is 12.1. The highest BCUT2D eigenvalue weighted by Gasteiger charge is 2.14. The van der Waals surface area contributed by atoms with E-state index in [0.717, 1.165) is 11.6 Å². The van der Waals surface area contributed by atoms with Gasteiger partial charge in [-0.2, -0.15) is 0 Å². The van der Waals surface area contributed by atoms with Crippen LogP contribution in [0.5, 0.6) is 5.75 Å². The van der Waals surface area contributed by atoms with Crippen molar-refractivity contribution in [3.63, 3.8) is 0 Å². The van der Waals surface area contributed by atoms with Crippen molar-refractivity contribution in [1.29, 1.82) is 0 Å². The zero-order valence-corrected chi connectivity index (χ0v) is 17.6. The van der Waals surface area contributed by atoms with Crippen LogP contribution in [0.1, 0.15) is 38.1 Å². The van der Waals surface area contributed by atoms with E-state index < -0.39 is 0 Å². The Morgan fingerprint density at radius 2 is 1.97 bits per heavy atom. The lowest BCUT2D eigenvalue weighted by Crippen LogP contribution is -2.15. The SMILES string of the molecule is CCn1c(COc2ccc(C(C)C)cc2)nnc1SCC(=O)Nc1ccccn1. The van der Waals surface area contributed by atoms with Crippen molar-refractivity contribution in [1.82, 2.24) is 19.7 Å². The second-order valence-electron chi connectivity index (χ2n) is 6.71. The van der Waals surface area contributed by atoms with Crippen LogP contribution >= 0.6 is 11.8 Å². The van der Waals surface area contributed by atoms with E-state index in [4.69, 9.17) is 4.74 Å². The molecular formula is C21H25N5O2S. The van der Waals surface area contributed by atoms with Crippen molar-refractivity contribution >= 4 is 23.5 Å². The molecule has 0 fully saturated rings. The predicted molar refractivity (Wildman–Crippen MR) is 114 cm³/mol. The van der Waals surface area contributed by atoms with Crippen LogP contribution in [0.2, 0.25) is 0 Å². The number of ether oxygens (including phenoxy) is 1. The number of carbonyl (C=O) groups is 1. The van der Waals surface area contributed by atoms with Crippen LogP contribution in [0.4, 0.5) is 5.82 Å². The third-order valence-electron chi connectivity index (χ3n) is 4.29. The number of nitrogens with one attached hydrogen (secondary N) is 1. The Hall–Kier alpha value is -2.87. The van der Waals surface area contributed by atoms with Crippen molar-refractivity contribution in [3.8, 4) is 5.75 Å². The van der Waals surface area contributed by atoms with Gasteiger partial charge in [-0.15, -0.1) is 10.2 Å². The van der Waals surface area contributed by atoms with Crippen molar-refractivity contribution < 1.29 is 9.53 Å². The van der Waals surface area contributed by atoms with Gasteiger partial charge in [0.25, 0.3) is 0 Å². The molecule has 29 heavy (non-hydrogen) atoms. The minimum Gasteiger partial charge on any atom is -0.486 e. The van der Waals surface area contributed by atoms with Gasteiger partial charge in [-0.25, -0.2) is 4.98 Å². The molecule has 0 saturated carbocycles. The summed E-state index contributed by atoms with van der Waals surface area (Å²) in [7, 11) is 0. The molecule has 152 valence electrons. The minimum atomic E-state index is -0.137. The number of aromatic nitrogens is 4. The highest BCUT2D eigenvalue weighted by Crippen LogP contribution is 2.21. The first kappa shape index (κ1) is 20.9. The molecule has 1 N–H and O–H groups in total. The Labute approximate surface area is 174 Å². The van der Waals surface area contributed by atoms with Gasteiger partial charge in [0.15, 0.2) is 11.0 Å². The zero-order valence-electron chi connectivity index (χ0n) is 16.8. The van der Waals surface area contributed by atoms with E-state index >= 15 is 0 Å². The standard InChI is InChI=1S/C21H25N5O2S/c1-4-26-19(13-28-17-10-8-16(9-11-17)15(2)3)24-25-21(26)29-14-20(27)23-18-7-5-6-12-22-18/h5-12,15H,4,13-14H2,1-3H3,(H,22,23,27). The van der Waals surface area contributed by atoms with Crippen LogP contribution in [0.3, 0.4) is 0 Å². The summed E-state index contributed by atoms with van der Waals surface area (Å²) in [5.41, 5.74) is 1.27. The van der Waals surface area contributed by atoms with Gasteiger partial charge in [-0.3, -0.25) is 4.79 Å². The Bertz CT molecular complexity index is 926. The van der Waals surface area contributed by atoms with Crippen LogP contribution in [0.15, 0.2) is 53.8 Å². The van der Waals surface area contributed by atoms with E-state index in [-0.39, 0.29) is 11.7 Å². The average molecular weight is 412 g/mol. The second kappa shape index (κ2) is 10.1. The molecule has 0 spiro atoms. The molecule has 7 nitrogen and oxygen atoms in total.